The van der Waals surface area contributed by atoms with Gasteiger partial charge in [0.05, 0.1) is 6.54 Å². The summed E-state index contributed by atoms with van der Waals surface area (Å²) in [7, 11) is 0. The largest absolute Gasteiger partial charge is 0.492 e. The lowest BCUT2D eigenvalue weighted by Crippen LogP contribution is -2.28. The highest BCUT2D eigenvalue weighted by Gasteiger charge is 2.10. The molecule has 0 unspecified atom stereocenters. The van der Waals surface area contributed by atoms with Crippen LogP contribution in [0.25, 0.3) is 10.8 Å². The molecule has 0 aromatic heterocycles. The van der Waals surface area contributed by atoms with Gasteiger partial charge in [0.15, 0.2) is 0 Å². The fourth-order valence-corrected chi connectivity index (χ4v) is 2.89. The van der Waals surface area contributed by atoms with Gasteiger partial charge in [-0.05, 0) is 66.4 Å². The van der Waals surface area contributed by atoms with Gasteiger partial charge in [0, 0.05) is 5.56 Å². The van der Waals surface area contributed by atoms with E-state index in [1.807, 2.05) is 50.2 Å². The van der Waals surface area contributed by atoms with Crippen LogP contribution in [0.5, 0.6) is 5.75 Å². The molecule has 3 nitrogen and oxygen atoms in total. The van der Waals surface area contributed by atoms with Crippen molar-refractivity contribution in [3.63, 3.8) is 0 Å². The molecule has 0 aliphatic rings. The number of carbonyl (C=O) groups excluding carboxylic acids is 1. The molecule has 3 rings (SSSR count). The van der Waals surface area contributed by atoms with E-state index in [9.17, 15) is 4.79 Å². The predicted molar refractivity (Wildman–Crippen MR) is 102 cm³/mol. The molecule has 0 spiro atoms. The smallest absolute Gasteiger partial charge is 0.251 e. The van der Waals surface area contributed by atoms with Gasteiger partial charge in [-0.2, -0.15) is 0 Å². The molecular weight excluding hydrogens is 310 g/mol. The summed E-state index contributed by atoms with van der Waals surface area (Å²) in [6.07, 6.45) is 0. The number of benzene rings is 3. The van der Waals surface area contributed by atoms with Crippen LogP contribution in [0, 0.1) is 20.8 Å². The second-order valence-electron chi connectivity index (χ2n) is 6.36. The minimum absolute atomic E-state index is 0.0530. The van der Waals surface area contributed by atoms with Gasteiger partial charge in [-0.15, -0.1) is 0 Å². The summed E-state index contributed by atoms with van der Waals surface area (Å²) >= 11 is 0. The number of aryl methyl sites for hydroxylation is 3. The van der Waals surface area contributed by atoms with Crippen LogP contribution in [0.15, 0.2) is 54.6 Å². The van der Waals surface area contributed by atoms with Crippen molar-refractivity contribution in [1.82, 2.24) is 5.32 Å². The number of carbonyl (C=O) groups is 1. The first-order chi connectivity index (χ1) is 12.0. The molecule has 0 saturated heterocycles. The fourth-order valence-electron chi connectivity index (χ4n) is 2.89. The number of rotatable bonds is 5. The highest BCUT2D eigenvalue weighted by atomic mass is 16.5. The third-order valence-electron chi connectivity index (χ3n) is 4.46. The highest BCUT2D eigenvalue weighted by Crippen LogP contribution is 2.20. The summed E-state index contributed by atoms with van der Waals surface area (Å²) < 4.78 is 5.76. The van der Waals surface area contributed by atoms with E-state index >= 15 is 0 Å². The molecule has 3 aromatic carbocycles. The Kier molecular flexibility index (Phi) is 5.03. The quantitative estimate of drug-likeness (QED) is 0.694. The van der Waals surface area contributed by atoms with Crippen molar-refractivity contribution in [1.29, 1.82) is 0 Å². The lowest BCUT2D eigenvalue weighted by atomic mass is 10.0. The van der Waals surface area contributed by atoms with Crippen LogP contribution in [0.3, 0.4) is 0 Å². The maximum atomic E-state index is 12.3. The van der Waals surface area contributed by atoms with E-state index < -0.39 is 0 Å². The number of ether oxygens (including phenoxy) is 1. The summed E-state index contributed by atoms with van der Waals surface area (Å²) in [5, 5.41) is 5.27. The van der Waals surface area contributed by atoms with E-state index in [4.69, 9.17) is 4.74 Å². The van der Waals surface area contributed by atoms with Gasteiger partial charge in [-0.3, -0.25) is 4.79 Å². The van der Waals surface area contributed by atoms with Crippen molar-refractivity contribution < 1.29 is 9.53 Å². The zero-order valence-corrected chi connectivity index (χ0v) is 14.9. The second kappa shape index (κ2) is 7.39. The summed E-state index contributed by atoms with van der Waals surface area (Å²) in [6.45, 7) is 6.95. The first kappa shape index (κ1) is 17.0. The Labute approximate surface area is 148 Å². The lowest BCUT2D eigenvalue weighted by molar-refractivity contribution is 0.0946. The van der Waals surface area contributed by atoms with Gasteiger partial charge >= 0.3 is 0 Å². The average Bonchev–Trinajstić information content (AvgIpc) is 2.61. The normalized spacial score (nSPS) is 10.7. The Morgan fingerprint density at radius 2 is 1.60 bits per heavy atom. The second-order valence-corrected chi connectivity index (χ2v) is 6.36. The van der Waals surface area contributed by atoms with Gasteiger partial charge in [-0.1, -0.05) is 36.4 Å². The molecule has 0 bridgehead atoms. The maximum absolute atomic E-state index is 12.3. The number of hydrogen-bond donors (Lipinski definition) is 1. The number of amides is 1. The van der Waals surface area contributed by atoms with Crippen LogP contribution in [-0.4, -0.2) is 19.1 Å². The van der Waals surface area contributed by atoms with Gasteiger partial charge in [0.1, 0.15) is 12.4 Å². The highest BCUT2D eigenvalue weighted by molar-refractivity contribution is 5.95. The van der Waals surface area contributed by atoms with E-state index in [0.717, 1.165) is 27.8 Å². The van der Waals surface area contributed by atoms with E-state index in [-0.39, 0.29) is 5.91 Å². The van der Waals surface area contributed by atoms with Gasteiger partial charge in [0.2, 0.25) is 0 Å². The van der Waals surface area contributed by atoms with Crippen molar-refractivity contribution in [2.24, 2.45) is 0 Å². The Balaban J connectivity index is 1.55. The third kappa shape index (κ3) is 4.00. The molecule has 0 radical (unpaired) electrons. The molecule has 0 saturated carbocycles. The van der Waals surface area contributed by atoms with Crippen molar-refractivity contribution in [3.8, 4) is 5.75 Å². The molecule has 0 atom stereocenters. The molecule has 3 heteroatoms. The van der Waals surface area contributed by atoms with Crippen LogP contribution in [0.2, 0.25) is 0 Å². The van der Waals surface area contributed by atoms with Crippen LogP contribution < -0.4 is 10.1 Å². The van der Waals surface area contributed by atoms with Gasteiger partial charge < -0.3 is 10.1 Å². The molecule has 3 aromatic rings. The molecule has 0 aliphatic carbocycles. The van der Waals surface area contributed by atoms with Gasteiger partial charge in [0.25, 0.3) is 5.91 Å². The summed E-state index contributed by atoms with van der Waals surface area (Å²) in [4.78, 5) is 12.3. The number of hydrogen-bond acceptors (Lipinski definition) is 2. The van der Waals surface area contributed by atoms with Crippen molar-refractivity contribution in [2.45, 2.75) is 20.8 Å². The fraction of sp³-hybridized carbons (Fsp3) is 0.227. The van der Waals surface area contributed by atoms with Crippen molar-refractivity contribution in [2.75, 3.05) is 13.2 Å². The van der Waals surface area contributed by atoms with Crippen molar-refractivity contribution >= 4 is 16.7 Å². The summed E-state index contributed by atoms with van der Waals surface area (Å²) in [5.41, 5.74) is 4.06. The number of fused-ring (bicyclic) bond motifs is 1. The SMILES string of the molecule is Cc1cc(C)c(C(=O)NCCOc2ccc3ccccc3c2)cc1C. The third-order valence-corrected chi connectivity index (χ3v) is 4.46. The Hall–Kier alpha value is -2.81. The number of nitrogens with one attached hydrogen (secondary N) is 1. The molecule has 1 amide bonds. The Morgan fingerprint density at radius 1 is 0.880 bits per heavy atom. The molecule has 1 N–H and O–H groups in total. The summed E-state index contributed by atoms with van der Waals surface area (Å²) in [5.74, 6) is 0.762. The first-order valence-electron chi connectivity index (χ1n) is 8.52. The topological polar surface area (TPSA) is 38.3 Å². The molecule has 25 heavy (non-hydrogen) atoms. The zero-order valence-electron chi connectivity index (χ0n) is 14.9. The van der Waals surface area contributed by atoms with Crippen molar-refractivity contribution in [3.05, 3.63) is 76.9 Å². The van der Waals surface area contributed by atoms with E-state index in [2.05, 4.69) is 30.4 Å². The predicted octanol–water partition coefficient (Wildman–Crippen LogP) is 4.57. The van der Waals surface area contributed by atoms with Crippen LogP contribution in [0.1, 0.15) is 27.0 Å². The molecule has 0 aliphatic heterocycles. The lowest BCUT2D eigenvalue weighted by Gasteiger charge is -2.11. The van der Waals surface area contributed by atoms with Crippen LogP contribution in [-0.2, 0) is 0 Å². The average molecular weight is 333 g/mol. The minimum Gasteiger partial charge on any atom is -0.492 e. The minimum atomic E-state index is -0.0530. The molecular formula is C22H23NO2. The summed E-state index contributed by atoms with van der Waals surface area (Å²) in [6, 6.07) is 18.2. The van der Waals surface area contributed by atoms with Gasteiger partial charge in [-0.25, -0.2) is 0 Å². The van der Waals surface area contributed by atoms with E-state index in [1.54, 1.807) is 0 Å². The molecule has 0 fully saturated rings. The standard InChI is InChI=1S/C22H23NO2/c1-15-12-17(3)21(13-16(15)2)22(24)23-10-11-25-20-9-8-18-6-4-5-7-19(18)14-20/h4-9,12-14H,10-11H2,1-3H3,(H,23,24). The molecule has 128 valence electrons. The van der Waals surface area contributed by atoms with Crippen LogP contribution >= 0.6 is 0 Å². The Bertz CT molecular complexity index is 915. The van der Waals surface area contributed by atoms with Crippen LogP contribution in [0.4, 0.5) is 0 Å². The maximum Gasteiger partial charge on any atom is 0.251 e. The Morgan fingerprint density at radius 3 is 2.40 bits per heavy atom. The first-order valence-corrected chi connectivity index (χ1v) is 8.52. The van der Waals surface area contributed by atoms with E-state index in [0.29, 0.717) is 13.2 Å². The molecule has 0 heterocycles. The van der Waals surface area contributed by atoms with E-state index in [1.165, 1.54) is 10.9 Å². The monoisotopic (exact) mass is 333 g/mol. The zero-order chi connectivity index (χ0) is 17.8.